The molecule has 0 saturated heterocycles. The Morgan fingerprint density at radius 3 is 2.77 bits per heavy atom. The molecule has 78 valence electrons. The minimum atomic E-state index is 0.803. The van der Waals surface area contributed by atoms with E-state index in [2.05, 4.69) is 12.2 Å². The van der Waals surface area contributed by atoms with Crippen LogP contribution < -0.4 is 5.32 Å². The van der Waals surface area contributed by atoms with Crippen LogP contribution in [0.1, 0.15) is 39.0 Å². The molecule has 1 aliphatic carbocycles. The number of unbranched alkanes of at least 4 members (excludes halogenated alkanes) is 1. The van der Waals surface area contributed by atoms with E-state index >= 15 is 0 Å². The predicted octanol–water partition coefficient (Wildman–Crippen LogP) is 2.19. The van der Waals surface area contributed by atoms with E-state index in [1.54, 1.807) is 7.11 Å². The molecule has 0 aromatic rings. The lowest BCUT2D eigenvalue weighted by Gasteiger charge is -2.11. The van der Waals surface area contributed by atoms with Gasteiger partial charge < -0.3 is 10.1 Å². The highest BCUT2D eigenvalue weighted by Crippen LogP contribution is 2.24. The second kappa shape index (κ2) is 6.39. The largest absolute Gasteiger partial charge is 0.385 e. The van der Waals surface area contributed by atoms with E-state index in [1.165, 1.54) is 38.6 Å². The van der Waals surface area contributed by atoms with Gasteiger partial charge in [0, 0.05) is 19.8 Å². The van der Waals surface area contributed by atoms with Gasteiger partial charge in [-0.25, -0.2) is 0 Å². The third-order valence-corrected chi connectivity index (χ3v) is 2.90. The first kappa shape index (κ1) is 11.0. The van der Waals surface area contributed by atoms with E-state index in [4.69, 9.17) is 4.74 Å². The van der Waals surface area contributed by atoms with Crippen molar-refractivity contribution in [3.8, 4) is 0 Å². The second-order valence-corrected chi connectivity index (χ2v) is 4.27. The first-order valence-corrected chi connectivity index (χ1v) is 5.55. The molecule has 0 aromatic carbocycles. The summed E-state index contributed by atoms with van der Waals surface area (Å²) in [6.45, 7) is 4.43. The van der Waals surface area contributed by atoms with Gasteiger partial charge in [-0.15, -0.1) is 0 Å². The third kappa shape index (κ3) is 4.63. The number of methoxy groups -OCH3 is 1. The fourth-order valence-corrected chi connectivity index (χ4v) is 2.07. The van der Waals surface area contributed by atoms with E-state index in [0.717, 1.165) is 18.6 Å². The highest BCUT2D eigenvalue weighted by Gasteiger charge is 2.19. The number of ether oxygens (including phenoxy) is 1. The first-order chi connectivity index (χ1) is 6.33. The molecule has 1 N–H and O–H groups in total. The lowest BCUT2D eigenvalue weighted by atomic mass is 10.1. The Balaban J connectivity index is 1.88. The fourth-order valence-electron chi connectivity index (χ4n) is 2.07. The molecule has 1 rings (SSSR count). The van der Waals surface area contributed by atoms with Gasteiger partial charge >= 0.3 is 0 Å². The quantitative estimate of drug-likeness (QED) is 0.640. The van der Waals surface area contributed by atoms with Gasteiger partial charge in [0.2, 0.25) is 0 Å². The molecule has 0 bridgehead atoms. The number of nitrogens with one attached hydrogen (secondary N) is 1. The minimum absolute atomic E-state index is 0.803. The Labute approximate surface area is 82.0 Å². The maximum absolute atomic E-state index is 5.00. The summed E-state index contributed by atoms with van der Waals surface area (Å²) in [5, 5.41) is 3.62. The molecule has 13 heavy (non-hydrogen) atoms. The van der Waals surface area contributed by atoms with Crippen LogP contribution in [-0.2, 0) is 4.74 Å². The predicted molar refractivity (Wildman–Crippen MR) is 55.9 cm³/mol. The highest BCUT2D eigenvalue weighted by molar-refractivity contribution is 4.77. The van der Waals surface area contributed by atoms with Crippen molar-refractivity contribution in [3.63, 3.8) is 0 Å². The Hall–Kier alpha value is -0.0800. The van der Waals surface area contributed by atoms with E-state index < -0.39 is 0 Å². The fraction of sp³-hybridized carbons (Fsp3) is 1.00. The van der Waals surface area contributed by atoms with E-state index in [0.29, 0.717) is 0 Å². The first-order valence-electron chi connectivity index (χ1n) is 5.55. The van der Waals surface area contributed by atoms with Gasteiger partial charge in [0.05, 0.1) is 0 Å². The van der Waals surface area contributed by atoms with Crippen LogP contribution >= 0.6 is 0 Å². The summed E-state index contributed by atoms with van der Waals surface area (Å²) in [6.07, 6.45) is 6.61. The summed E-state index contributed by atoms with van der Waals surface area (Å²) < 4.78 is 5.00. The van der Waals surface area contributed by atoms with Gasteiger partial charge in [0.1, 0.15) is 0 Å². The van der Waals surface area contributed by atoms with Crippen molar-refractivity contribution in [3.05, 3.63) is 0 Å². The molecule has 2 nitrogen and oxygen atoms in total. The van der Waals surface area contributed by atoms with Gasteiger partial charge in [-0.1, -0.05) is 6.92 Å². The van der Waals surface area contributed by atoms with Gasteiger partial charge in [-0.3, -0.25) is 0 Å². The van der Waals surface area contributed by atoms with Gasteiger partial charge in [0.15, 0.2) is 0 Å². The molecular weight excluding hydrogens is 162 g/mol. The van der Waals surface area contributed by atoms with Crippen LogP contribution in [0.4, 0.5) is 0 Å². The Morgan fingerprint density at radius 2 is 2.15 bits per heavy atom. The summed E-state index contributed by atoms with van der Waals surface area (Å²) >= 11 is 0. The zero-order valence-electron chi connectivity index (χ0n) is 9.01. The average molecular weight is 185 g/mol. The van der Waals surface area contributed by atoms with Crippen molar-refractivity contribution in [1.29, 1.82) is 0 Å². The van der Waals surface area contributed by atoms with Crippen molar-refractivity contribution in [2.24, 2.45) is 5.92 Å². The normalized spacial score (nSPS) is 28.2. The molecule has 1 saturated carbocycles. The third-order valence-electron chi connectivity index (χ3n) is 2.90. The second-order valence-electron chi connectivity index (χ2n) is 4.27. The zero-order chi connectivity index (χ0) is 9.52. The van der Waals surface area contributed by atoms with E-state index in [-0.39, 0.29) is 0 Å². The van der Waals surface area contributed by atoms with Crippen LogP contribution in [0.5, 0.6) is 0 Å². The van der Waals surface area contributed by atoms with Crippen LogP contribution in [0.3, 0.4) is 0 Å². The molecule has 2 heteroatoms. The smallest absolute Gasteiger partial charge is 0.0462 e. The van der Waals surface area contributed by atoms with Crippen molar-refractivity contribution in [2.75, 3.05) is 20.3 Å². The average Bonchev–Trinajstić information content (AvgIpc) is 2.51. The van der Waals surface area contributed by atoms with E-state index in [1.807, 2.05) is 0 Å². The highest BCUT2D eigenvalue weighted by atomic mass is 16.5. The Morgan fingerprint density at radius 1 is 1.31 bits per heavy atom. The molecule has 0 amide bonds. The van der Waals surface area contributed by atoms with Crippen LogP contribution in [-0.4, -0.2) is 26.3 Å². The van der Waals surface area contributed by atoms with Gasteiger partial charge in [0.25, 0.3) is 0 Å². The SMILES string of the molecule is COCCCCNC1CCC(C)C1. The van der Waals surface area contributed by atoms with Crippen molar-refractivity contribution in [2.45, 2.75) is 45.1 Å². The Bertz CT molecular complexity index is 127. The molecule has 0 aromatic heterocycles. The van der Waals surface area contributed by atoms with Crippen molar-refractivity contribution < 1.29 is 4.74 Å². The molecule has 2 unspecified atom stereocenters. The van der Waals surface area contributed by atoms with Crippen molar-refractivity contribution in [1.82, 2.24) is 5.32 Å². The number of hydrogen-bond donors (Lipinski definition) is 1. The number of hydrogen-bond acceptors (Lipinski definition) is 2. The molecular formula is C11H23NO. The Kier molecular flexibility index (Phi) is 5.40. The maximum Gasteiger partial charge on any atom is 0.0462 e. The van der Waals surface area contributed by atoms with Gasteiger partial charge in [-0.2, -0.15) is 0 Å². The summed E-state index contributed by atoms with van der Waals surface area (Å²) in [5.41, 5.74) is 0. The molecule has 2 atom stereocenters. The number of rotatable bonds is 6. The van der Waals surface area contributed by atoms with Crippen molar-refractivity contribution >= 4 is 0 Å². The van der Waals surface area contributed by atoms with E-state index in [9.17, 15) is 0 Å². The topological polar surface area (TPSA) is 21.3 Å². The molecule has 0 aliphatic heterocycles. The monoisotopic (exact) mass is 185 g/mol. The minimum Gasteiger partial charge on any atom is -0.385 e. The van der Waals surface area contributed by atoms with Crippen LogP contribution in [0.2, 0.25) is 0 Å². The van der Waals surface area contributed by atoms with Gasteiger partial charge in [-0.05, 0) is 44.6 Å². The lowest BCUT2D eigenvalue weighted by Crippen LogP contribution is -2.27. The summed E-state index contributed by atoms with van der Waals surface area (Å²) in [6, 6.07) is 0.803. The lowest BCUT2D eigenvalue weighted by molar-refractivity contribution is 0.192. The molecule has 0 heterocycles. The molecule has 1 aliphatic rings. The molecule has 1 fully saturated rings. The standard InChI is InChI=1S/C11H23NO/c1-10-5-6-11(9-10)12-7-3-4-8-13-2/h10-12H,3-9H2,1-2H3. The zero-order valence-corrected chi connectivity index (χ0v) is 9.01. The van der Waals surface area contributed by atoms with Crippen LogP contribution in [0.25, 0.3) is 0 Å². The summed E-state index contributed by atoms with van der Waals surface area (Å²) in [5.74, 6) is 0.941. The summed E-state index contributed by atoms with van der Waals surface area (Å²) in [7, 11) is 1.77. The maximum atomic E-state index is 5.00. The summed E-state index contributed by atoms with van der Waals surface area (Å²) in [4.78, 5) is 0. The molecule has 0 radical (unpaired) electrons. The van der Waals surface area contributed by atoms with Crippen LogP contribution in [0, 0.1) is 5.92 Å². The molecule has 0 spiro atoms. The van der Waals surface area contributed by atoms with Crippen LogP contribution in [0.15, 0.2) is 0 Å².